The van der Waals surface area contributed by atoms with Gasteiger partial charge in [0.15, 0.2) is 0 Å². The predicted molar refractivity (Wildman–Crippen MR) is 64.3 cm³/mol. The maximum atomic E-state index is 11.7. The fourth-order valence-electron chi connectivity index (χ4n) is 1.90. The van der Waals surface area contributed by atoms with E-state index in [4.69, 9.17) is 4.42 Å². The number of hydrogen-bond acceptors (Lipinski definition) is 4. The Hall–Kier alpha value is -1.81. The van der Waals surface area contributed by atoms with Gasteiger partial charge in [-0.1, -0.05) is 0 Å². The molecule has 2 aromatic rings. The number of benzene rings is 1. The Labute approximate surface area is 98.1 Å². The Morgan fingerprint density at radius 1 is 1.29 bits per heavy atom. The lowest BCUT2D eigenvalue weighted by atomic mass is 10.1. The SMILES string of the molecule is Cc1cc(O)cc2c(=O)oc(CC(C)O)cc12. The topological polar surface area (TPSA) is 70.7 Å². The minimum absolute atomic E-state index is 0.0468. The molecule has 0 bridgehead atoms. The monoisotopic (exact) mass is 234 g/mol. The third kappa shape index (κ3) is 2.31. The Morgan fingerprint density at radius 3 is 2.65 bits per heavy atom. The predicted octanol–water partition coefficient (Wildman–Crippen LogP) is 1.73. The molecule has 0 spiro atoms. The van der Waals surface area contributed by atoms with Crippen molar-refractivity contribution >= 4 is 10.8 Å². The van der Waals surface area contributed by atoms with Crippen LogP contribution in [0.25, 0.3) is 10.8 Å². The number of fused-ring (bicyclic) bond motifs is 1. The molecule has 1 unspecified atom stereocenters. The van der Waals surface area contributed by atoms with Crippen LogP contribution in [0, 0.1) is 6.92 Å². The Morgan fingerprint density at radius 2 is 2.00 bits per heavy atom. The Kier molecular flexibility index (Phi) is 2.90. The molecule has 0 aliphatic carbocycles. The van der Waals surface area contributed by atoms with Crippen molar-refractivity contribution < 1.29 is 14.6 Å². The van der Waals surface area contributed by atoms with Crippen LogP contribution < -0.4 is 5.63 Å². The first kappa shape index (κ1) is 11.7. The molecular weight excluding hydrogens is 220 g/mol. The Balaban J connectivity index is 2.69. The highest BCUT2D eigenvalue weighted by molar-refractivity contribution is 5.86. The molecule has 4 heteroatoms. The summed E-state index contributed by atoms with van der Waals surface area (Å²) < 4.78 is 5.08. The van der Waals surface area contributed by atoms with Gasteiger partial charge in [-0.3, -0.25) is 0 Å². The van der Waals surface area contributed by atoms with Gasteiger partial charge in [-0.05, 0) is 43.0 Å². The standard InChI is InChI=1S/C13H14O4/c1-7-3-9(15)5-12-11(7)6-10(4-8(2)14)17-13(12)16/h3,5-6,8,14-15H,4H2,1-2H3. The number of aliphatic hydroxyl groups excluding tert-OH is 1. The lowest BCUT2D eigenvalue weighted by molar-refractivity contribution is 0.186. The van der Waals surface area contributed by atoms with E-state index in [1.165, 1.54) is 6.07 Å². The molecule has 0 amide bonds. The van der Waals surface area contributed by atoms with Crippen LogP contribution in [0.3, 0.4) is 0 Å². The second-order valence-electron chi connectivity index (χ2n) is 4.28. The van der Waals surface area contributed by atoms with Crippen LogP contribution in [-0.2, 0) is 6.42 Å². The van der Waals surface area contributed by atoms with Crippen molar-refractivity contribution in [1.29, 1.82) is 0 Å². The molecule has 1 heterocycles. The lowest BCUT2D eigenvalue weighted by Gasteiger charge is -2.06. The van der Waals surface area contributed by atoms with Crippen molar-refractivity contribution in [2.24, 2.45) is 0 Å². The molecule has 1 atom stereocenters. The van der Waals surface area contributed by atoms with E-state index >= 15 is 0 Å². The summed E-state index contributed by atoms with van der Waals surface area (Å²) in [4.78, 5) is 11.7. The van der Waals surface area contributed by atoms with Crippen molar-refractivity contribution in [3.05, 3.63) is 39.9 Å². The number of phenols is 1. The summed E-state index contributed by atoms with van der Waals surface area (Å²) in [5.74, 6) is 0.497. The second-order valence-corrected chi connectivity index (χ2v) is 4.28. The summed E-state index contributed by atoms with van der Waals surface area (Å²) in [5, 5.41) is 19.8. The van der Waals surface area contributed by atoms with Crippen LogP contribution in [0.1, 0.15) is 18.2 Å². The molecule has 1 aromatic carbocycles. The quantitative estimate of drug-likeness (QED) is 0.830. The zero-order valence-electron chi connectivity index (χ0n) is 9.73. The molecule has 2 N–H and O–H groups in total. The van der Waals surface area contributed by atoms with E-state index < -0.39 is 11.7 Å². The molecular formula is C13H14O4. The van der Waals surface area contributed by atoms with Gasteiger partial charge in [0, 0.05) is 6.42 Å². The molecule has 17 heavy (non-hydrogen) atoms. The highest BCUT2D eigenvalue weighted by Crippen LogP contribution is 2.23. The van der Waals surface area contributed by atoms with Gasteiger partial charge in [0.1, 0.15) is 11.5 Å². The van der Waals surface area contributed by atoms with Crippen LogP contribution >= 0.6 is 0 Å². The first-order valence-corrected chi connectivity index (χ1v) is 5.42. The van der Waals surface area contributed by atoms with Crippen molar-refractivity contribution in [3.63, 3.8) is 0 Å². The summed E-state index contributed by atoms with van der Waals surface area (Å²) in [6, 6.07) is 4.71. The minimum atomic E-state index is -0.562. The van der Waals surface area contributed by atoms with Crippen LogP contribution in [0.5, 0.6) is 5.75 Å². The summed E-state index contributed by atoms with van der Waals surface area (Å²) >= 11 is 0. The van der Waals surface area contributed by atoms with E-state index in [9.17, 15) is 15.0 Å². The molecule has 4 nitrogen and oxygen atoms in total. The number of phenolic OH excluding ortho intramolecular Hbond substituents is 1. The molecule has 0 aliphatic rings. The first-order chi connectivity index (χ1) is 7.97. The van der Waals surface area contributed by atoms with Gasteiger partial charge in [0.2, 0.25) is 0 Å². The van der Waals surface area contributed by atoms with Crippen LogP contribution in [0.2, 0.25) is 0 Å². The minimum Gasteiger partial charge on any atom is -0.508 e. The zero-order valence-corrected chi connectivity index (χ0v) is 9.73. The molecule has 0 saturated heterocycles. The van der Waals surface area contributed by atoms with Gasteiger partial charge in [0.25, 0.3) is 0 Å². The fraction of sp³-hybridized carbons (Fsp3) is 0.308. The Bertz CT molecular complexity index is 611. The summed E-state index contributed by atoms with van der Waals surface area (Å²) in [6.07, 6.45) is -0.265. The van der Waals surface area contributed by atoms with E-state index in [0.29, 0.717) is 17.6 Å². The smallest absolute Gasteiger partial charge is 0.343 e. The third-order valence-corrected chi connectivity index (χ3v) is 2.62. The van der Waals surface area contributed by atoms with E-state index in [0.717, 1.165) is 10.9 Å². The molecule has 2 rings (SSSR count). The van der Waals surface area contributed by atoms with Gasteiger partial charge in [-0.15, -0.1) is 0 Å². The molecule has 90 valence electrons. The van der Waals surface area contributed by atoms with Gasteiger partial charge in [0.05, 0.1) is 11.5 Å². The van der Waals surface area contributed by atoms with Crippen molar-refractivity contribution in [1.82, 2.24) is 0 Å². The second kappa shape index (κ2) is 4.22. The first-order valence-electron chi connectivity index (χ1n) is 5.42. The highest BCUT2D eigenvalue weighted by Gasteiger charge is 2.09. The lowest BCUT2D eigenvalue weighted by Crippen LogP contribution is -2.09. The van der Waals surface area contributed by atoms with Gasteiger partial charge >= 0.3 is 5.63 Å². The van der Waals surface area contributed by atoms with Crippen molar-refractivity contribution in [2.45, 2.75) is 26.4 Å². The van der Waals surface area contributed by atoms with E-state index in [-0.39, 0.29) is 5.75 Å². The van der Waals surface area contributed by atoms with Crippen molar-refractivity contribution in [3.8, 4) is 5.75 Å². The van der Waals surface area contributed by atoms with Gasteiger partial charge in [-0.25, -0.2) is 4.79 Å². The number of aliphatic hydroxyl groups is 1. The number of rotatable bonds is 2. The largest absolute Gasteiger partial charge is 0.508 e. The maximum Gasteiger partial charge on any atom is 0.343 e. The highest BCUT2D eigenvalue weighted by atomic mass is 16.4. The average Bonchev–Trinajstić information content (AvgIpc) is 2.19. The fourth-order valence-corrected chi connectivity index (χ4v) is 1.90. The number of aromatic hydroxyl groups is 1. The average molecular weight is 234 g/mol. The summed E-state index contributed by atoms with van der Waals surface area (Å²) in [5.41, 5.74) is 0.317. The van der Waals surface area contributed by atoms with Gasteiger partial charge < -0.3 is 14.6 Å². The number of hydrogen-bond donors (Lipinski definition) is 2. The molecule has 0 fully saturated rings. The molecule has 0 radical (unpaired) electrons. The van der Waals surface area contributed by atoms with E-state index in [2.05, 4.69) is 0 Å². The summed E-state index contributed by atoms with van der Waals surface area (Å²) in [6.45, 7) is 3.45. The van der Waals surface area contributed by atoms with Crippen LogP contribution in [0.15, 0.2) is 27.4 Å². The zero-order chi connectivity index (χ0) is 12.6. The van der Waals surface area contributed by atoms with Crippen LogP contribution in [0.4, 0.5) is 0 Å². The third-order valence-electron chi connectivity index (χ3n) is 2.62. The van der Waals surface area contributed by atoms with Crippen LogP contribution in [-0.4, -0.2) is 16.3 Å². The molecule has 0 aliphatic heterocycles. The van der Waals surface area contributed by atoms with E-state index in [1.54, 1.807) is 19.1 Å². The molecule has 0 saturated carbocycles. The summed E-state index contributed by atoms with van der Waals surface area (Å²) in [7, 11) is 0. The van der Waals surface area contributed by atoms with Gasteiger partial charge in [-0.2, -0.15) is 0 Å². The van der Waals surface area contributed by atoms with E-state index in [1.807, 2.05) is 6.92 Å². The van der Waals surface area contributed by atoms with Crippen molar-refractivity contribution in [2.75, 3.05) is 0 Å². The maximum absolute atomic E-state index is 11.7. The normalized spacial score (nSPS) is 12.9. The number of aryl methyl sites for hydroxylation is 1. The molecule has 1 aromatic heterocycles.